The molecule has 2 rings (SSSR count). The van der Waals surface area contributed by atoms with Crippen molar-refractivity contribution >= 4 is 11.8 Å². The van der Waals surface area contributed by atoms with Gasteiger partial charge in [-0.05, 0) is 39.8 Å². The summed E-state index contributed by atoms with van der Waals surface area (Å²) in [6.07, 6.45) is 1.79. The van der Waals surface area contributed by atoms with Gasteiger partial charge >= 0.3 is 0 Å². The van der Waals surface area contributed by atoms with Crippen LogP contribution in [0.15, 0.2) is 23.5 Å². The molecule has 2 heterocycles. The maximum atomic E-state index is 5.59. The normalized spacial score (nSPS) is 10.6. The fourth-order valence-electron chi connectivity index (χ4n) is 1.91. The quantitative estimate of drug-likeness (QED) is 0.623. The summed E-state index contributed by atoms with van der Waals surface area (Å²) in [5.74, 6) is 1.65. The zero-order chi connectivity index (χ0) is 14.5. The first-order valence-electron chi connectivity index (χ1n) is 6.62. The standard InChI is InChI=1S/C15H19N3OS/c1-5-19-14-6-7-16-13(12(14)4)9-20-15-17-10(2)8-11(3)18-15/h6-8H,5,9H2,1-4H3. The Morgan fingerprint density at radius 3 is 2.50 bits per heavy atom. The minimum absolute atomic E-state index is 0.664. The van der Waals surface area contributed by atoms with E-state index in [0.29, 0.717) is 6.61 Å². The second-order valence-electron chi connectivity index (χ2n) is 4.54. The molecular weight excluding hydrogens is 270 g/mol. The lowest BCUT2D eigenvalue weighted by molar-refractivity contribution is 0.337. The highest BCUT2D eigenvalue weighted by Crippen LogP contribution is 2.25. The number of aromatic nitrogens is 3. The summed E-state index contributed by atoms with van der Waals surface area (Å²) >= 11 is 1.60. The van der Waals surface area contributed by atoms with Gasteiger partial charge in [-0.2, -0.15) is 0 Å². The highest BCUT2D eigenvalue weighted by atomic mass is 32.2. The number of aryl methyl sites for hydroxylation is 2. The number of hydrogen-bond acceptors (Lipinski definition) is 5. The average molecular weight is 289 g/mol. The summed E-state index contributed by atoms with van der Waals surface area (Å²) in [4.78, 5) is 13.3. The molecule has 0 unspecified atom stereocenters. The van der Waals surface area contributed by atoms with E-state index in [1.807, 2.05) is 39.8 Å². The Kier molecular flexibility index (Phi) is 4.95. The number of thioether (sulfide) groups is 1. The molecule has 0 aliphatic carbocycles. The Balaban J connectivity index is 2.12. The first kappa shape index (κ1) is 14.8. The van der Waals surface area contributed by atoms with Gasteiger partial charge in [-0.25, -0.2) is 9.97 Å². The zero-order valence-corrected chi connectivity index (χ0v) is 13.1. The van der Waals surface area contributed by atoms with Crippen LogP contribution in [0.4, 0.5) is 0 Å². The van der Waals surface area contributed by atoms with Crippen LogP contribution in [0.3, 0.4) is 0 Å². The topological polar surface area (TPSA) is 47.9 Å². The van der Waals surface area contributed by atoms with E-state index in [0.717, 1.165) is 39.3 Å². The predicted molar refractivity (Wildman–Crippen MR) is 81.2 cm³/mol. The fraction of sp³-hybridized carbons (Fsp3) is 0.400. The van der Waals surface area contributed by atoms with Gasteiger partial charge in [0, 0.05) is 28.9 Å². The van der Waals surface area contributed by atoms with Crippen molar-refractivity contribution in [1.29, 1.82) is 0 Å². The Bertz CT molecular complexity index is 581. The molecule has 0 bridgehead atoms. The van der Waals surface area contributed by atoms with Crippen molar-refractivity contribution < 1.29 is 4.74 Å². The molecule has 106 valence electrons. The molecule has 0 aliphatic heterocycles. The Hall–Kier alpha value is -1.62. The van der Waals surface area contributed by atoms with E-state index in [9.17, 15) is 0 Å². The third-order valence-electron chi connectivity index (χ3n) is 2.86. The van der Waals surface area contributed by atoms with Crippen molar-refractivity contribution in [3.63, 3.8) is 0 Å². The van der Waals surface area contributed by atoms with Crippen LogP contribution < -0.4 is 4.74 Å². The molecule has 0 amide bonds. The van der Waals surface area contributed by atoms with Gasteiger partial charge in [0.1, 0.15) is 5.75 Å². The SMILES string of the molecule is CCOc1ccnc(CSc2nc(C)cc(C)n2)c1C. The molecule has 4 nitrogen and oxygen atoms in total. The van der Waals surface area contributed by atoms with Gasteiger partial charge in [-0.15, -0.1) is 0 Å². The number of nitrogens with zero attached hydrogens (tertiary/aromatic N) is 3. The summed E-state index contributed by atoms with van der Waals surface area (Å²) in [6.45, 7) is 8.65. The average Bonchev–Trinajstić information content (AvgIpc) is 2.39. The lowest BCUT2D eigenvalue weighted by Gasteiger charge is -2.10. The molecule has 2 aromatic rings. The highest BCUT2D eigenvalue weighted by Gasteiger charge is 2.08. The molecule has 0 radical (unpaired) electrons. The molecule has 5 heteroatoms. The van der Waals surface area contributed by atoms with Gasteiger partial charge in [0.15, 0.2) is 5.16 Å². The van der Waals surface area contributed by atoms with Gasteiger partial charge < -0.3 is 4.74 Å². The third-order valence-corrected chi connectivity index (χ3v) is 3.72. The fourth-order valence-corrected chi connectivity index (χ4v) is 2.88. The van der Waals surface area contributed by atoms with Crippen molar-refractivity contribution in [2.24, 2.45) is 0 Å². The van der Waals surface area contributed by atoms with Crippen LogP contribution in [-0.2, 0) is 5.75 Å². The van der Waals surface area contributed by atoms with Gasteiger partial charge in [-0.1, -0.05) is 11.8 Å². The smallest absolute Gasteiger partial charge is 0.188 e. The van der Waals surface area contributed by atoms with E-state index in [-0.39, 0.29) is 0 Å². The van der Waals surface area contributed by atoms with E-state index in [2.05, 4.69) is 15.0 Å². The van der Waals surface area contributed by atoms with Gasteiger partial charge in [0.25, 0.3) is 0 Å². The van der Waals surface area contributed by atoms with E-state index >= 15 is 0 Å². The van der Waals surface area contributed by atoms with Crippen molar-refractivity contribution in [3.8, 4) is 5.75 Å². The zero-order valence-electron chi connectivity index (χ0n) is 12.3. The maximum Gasteiger partial charge on any atom is 0.188 e. The van der Waals surface area contributed by atoms with Gasteiger partial charge in [-0.3, -0.25) is 4.98 Å². The molecule has 0 saturated heterocycles. The number of hydrogen-bond donors (Lipinski definition) is 0. The van der Waals surface area contributed by atoms with Crippen molar-refractivity contribution in [3.05, 3.63) is 41.0 Å². The number of pyridine rings is 1. The van der Waals surface area contributed by atoms with Gasteiger partial charge in [0.05, 0.1) is 12.3 Å². The number of rotatable bonds is 5. The molecule has 0 saturated carbocycles. The molecule has 0 aromatic carbocycles. The Morgan fingerprint density at radius 1 is 1.15 bits per heavy atom. The molecular formula is C15H19N3OS. The van der Waals surface area contributed by atoms with E-state index in [4.69, 9.17) is 4.74 Å². The lowest BCUT2D eigenvalue weighted by Crippen LogP contribution is -1.99. The molecule has 2 aromatic heterocycles. The second-order valence-corrected chi connectivity index (χ2v) is 5.48. The summed E-state index contributed by atoms with van der Waals surface area (Å²) < 4.78 is 5.59. The van der Waals surface area contributed by atoms with Crippen LogP contribution in [0.25, 0.3) is 0 Å². The van der Waals surface area contributed by atoms with E-state index in [1.54, 1.807) is 18.0 Å². The van der Waals surface area contributed by atoms with Crippen LogP contribution in [0.2, 0.25) is 0 Å². The molecule has 20 heavy (non-hydrogen) atoms. The lowest BCUT2D eigenvalue weighted by atomic mass is 10.2. The highest BCUT2D eigenvalue weighted by molar-refractivity contribution is 7.98. The maximum absolute atomic E-state index is 5.59. The summed E-state index contributed by atoms with van der Waals surface area (Å²) in [5, 5.41) is 0.797. The van der Waals surface area contributed by atoms with Crippen LogP contribution in [-0.4, -0.2) is 21.6 Å². The van der Waals surface area contributed by atoms with Crippen molar-refractivity contribution in [1.82, 2.24) is 15.0 Å². The van der Waals surface area contributed by atoms with Crippen molar-refractivity contribution in [2.45, 2.75) is 38.6 Å². The van der Waals surface area contributed by atoms with E-state index in [1.165, 1.54) is 0 Å². The summed E-state index contributed by atoms with van der Waals surface area (Å²) in [6, 6.07) is 3.88. The Labute approximate surface area is 124 Å². The third kappa shape index (κ3) is 3.70. The minimum Gasteiger partial charge on any atom is -0.493 e. The Morgan fingerprint density at radius 2 is 1.85 bits per heavy atom. The molecule has 0 N–H and O–H groups in total. The monoisotopic (exact) mass is 289 g/mol. The van der Waals surface area contributed by atoms with E-state index < -0.39 is 0 Å². The van der Waals surface area contributed by atoms with Crippen LogP contribution in [0.5, 0.6) is 5.75 Å². The molecule has 0 fully saturated rings. The first-order chi connectivity index (χ1) is 9.60. The minimum atomic E-state index is 0.664. The molecule has 0 atom stereocenters. The first-order valence-corrected chi connectivity index (χ1v) is 7.61. The van der Waals surface area contributed by atoms with Gasteiger partial charge in [0.2, 0.25) is 0 Å². The molecule has 0 spiro atoms. The number of ether oxygens (including phenoxy) is 1. The predicted octanol–water partition coefficient (Wildman–Crippen LogP) is 3.49. The largest absolute Gasteiger partial charge is 0.493 e. The van der Waals surface area contributed by atoms with Crippen molar-refractivity contribution in [2.75, 3.05) is 6.61 Å². The van der Waals surface area contributed by atoms with Crippen LogP contribution in [0, 0.1) is 20.8 Å². The summed E-state index contributed by atoms with van der Waals surface area (Å²) in [7, 11) is 0. The second kappa shape index (κ2) is 6.70. The van der Waals surface area contributed by atoms with Crippen LogP contribution in [0.1, 0.15) is 29.6 Å². The van der Waals surface area contributed by atoms with Crippen LogP contribution >= 0.6 is 11.8 Å². The summed E-state index contributed by atoms with van der Waals surface area (Å²) in [5.41, 5.74) is 4.09. The molecule has 0 aliphatic rings.